The SMILES string of the molecule is COc1ccc(CC(=O)c2cc(Br)ccc2OC)cc1. The Kier molecular flexibility index (Phi) is 4.79. The number of Topliss-reactive ketones (excluding diaryl/α,β-unsaturated/α-hetero) is 1. The van der Waals surface area contributed by atoms with Gasteiger partial charge < -0.3 is 9.47 Å². The van der Waals surface area contributed by atoms with Crippen molar-refractivity contribution in [1.29, 1.82) is 0 Å². The second-order valence-electron chi connectivity index (χ2n) is 4.29. The summed E-state index contributed by atoms with van der Waals surface area (Å²) in [6.07, 6.45) is 0.330. The van der Waals surface area contributed by atoms with E-state index in [0.717, 1.165) is 15.8 Å². The third-order valence-electron chi connectivity index (χ3n) is 2.99. The van der Waals surface area contributed by atoms with E-state index < -0.39 is 0 Å². The molecule has 0 saturated carbocycles. The molecule has 0 aliphatic rings. The van der Waals surface area contributed by atoms with Crippen LogP contribution in [0.1, 0.15) is 15.9 Å². The van der Waals surface area contributed by atoms with Crippen molar-refractivity contribution < 1.29 is 14.3 Å². The van der Waals surface area contributed by atoms with Gasteiger partial charge >= 0.3 is 0 Å². The first kappa shape index (κ1) is 14.6. The topological polar surface area (TPSA) is 35.5 Å². The van der Waals surface area contributed by atoms with Crippen molar-refractivity contribution in [3.63, 3.8) is 0 Å². The van der Waals surface area contributed by atoms with Crippen LogP contribution in [-0.4, -0.2) is 20.0 Å². The van der Waals surface area contributed by atoms with Crippen LogP contribution in [0.3, 0.4) is 0 Å². The highest BCUT2D eigenvalue weighted by molar-refractivity contribution is 9.10. The van der Waals surface area contributed by atoms with Gasteiger partial charge in [-0.1, -0.05) is 28.1 Å². The molecule has 0 unspecified atom stereocenters. The molecule has 2 rings (SSSR count). The van der Waals surface area contributed by atoms with Gasteiger partial charge in [-0.15, -0.1) is 0 Å². The fourth-order valence-electron chi connectivity index (χ4n) is 1.92. The van der Waals surface area contributed by atoms with Crippen LogP contribution in [0.4, 0.5) is 0 Å². The molecule has 0 atom stereocenters. The largest absolute Gasteiger partial charge is 0.497 e. The summed E-state index contributed by atoms with van der Waals surface area (Å²) in [5.41, 5.74) is 1.52. The molecule has 4 heteroatoms. The predicted octanol–water partition coefficient (Wildman–Crippen LogP) is 3.89. The van der Waals surface area contributed by atoms with E-state index in [-0.39, 0.29) is 5.78 Å². The summed E-state index contributed by atoms with van der Waals surface area (Å²) >= 11 is 3.37. The number of benzene rings is 2. The minimum absolute atomic E-state index is 0.0216. The Bertz CT molecular complexity index is 606. The molecule has 2 aromatic carbocycles. The molecule has 0 heterocycles. The van der Waals surface area contributed by atoms with Gasteiger partial charge in [0.15, 0.2) is 5.78 Å². The summed E-state index contributed by atoms with van der Waals surface area (Å²) in [5, 5.41) is 0. The van der Waals surface area contributed by atoms with E-state index in [2.05, 4.69) is 15.9 Å². The molecule has 3 nitrogen and oxygen atoms in total. The number of halogens is 1. The lowest BCUT2D eigenvalue weighted by Crippen LogP contribution is -2.06. The molecule has 0 spiro atoms. The van der Waals surface area contributed by atoms with Crippen molar-refractivity contribution in [2.24, 2.45) is 0 Å². The number of methoxy groups -OCH3 is 2. The number of carbonyl (C=O) groups excluding carboxylic acids is 1. The summed E-state index contributed by atoms with van der Waals surface area (Å²) in [6, 6.07) is 12.9. The van der Waals surface area contributed by atoms with Crippen LogP contribution in [0.25, 0.3) is 0 Å². The first-order valence-electron chi connectivity index (χ1n) is 6.13. The number of ketones is 1. The lowest BCUT2D eigenvalue weighted by atomic mass is 10.0. The maximum atomic E-state index is 12.4. The lowest BCUT2D eigenvalue weighted by molar-refractivity contribution is 0.0990. The van der Waals surface area contributed by atoms with Crippen molar-refractivity contribution in [2.45, 2.75) is 6.42 Å². The van der Waals surface area contributed by atoms with Gasteiger partial charge in [-0.25, -0.2) is 0 Å². The standard InChI is InChI=1S/C16H15BrO3/c1-19-13-6-3-11(4-7-13)9-15(18)14-10-12(17)5-8-16(14)20-2/h3-8,10H,9H2,1-2H3. The minimum atomic E-state index is 0.0216. The number of carbonyl (C=O) groups is 1. The number of ether oxygens (including phenoxy) is 2. The molecule has 20 heavy (non-hydrogen) atoms. The van der Waals surface area contributed by atoms with E-state index in [4.69, 9.17) is 9.47 Å². The lowest BCUT2D eigenvalue weighted by Gasteiger charge is -2.08. The summed E-state index contributed by atoms with van der Waals surface area (Å²) < 4.78 is 11.2. The minimum Gasteiger partial charge on any atom is -0.497 e. The third kappa shape index (κ3) is 3.39. The molecule has 0 aromatic heterocycles. The summed E-state index contributed by atoms with van der Waals surface area (Å²) in [4.78, 5) is 12.4. The van der Waals surface area contributed by atoms with Crippen molar-refractivity contribution in [3.8, 4) is 11.5 Å². The van der Waals surface area contributed by atoms with Crippen molar-refractivity contribution >= 4 is 21.7 Å². The van der Waals surface area contributed by atoms with Crippen molar-refractivity contribution in [2.75, 3.05) is 14.2 Å². The Labute approximate surface area is 126 Å². The highest BCUT2D eigenvalue weighted by Gasteiger charge is 2.13. The van der Waals surface area contributed by atoms with E-state index in [1.54, 1.807) is 26.4 Å². The second kappa shape index (κ2) is 6.57. The zero-order chi connectivity index (χ0) is 14.5. The summed E-state index contributed by atoms with van der Waals surface area (Å²) in [6.45, 7) is 0. The van der Waals surface area contributed by atoms with Crippen molar-refractivity contribution in [1.82, 2.24) is 0 Å². The van der Waals surface area contributed by atoms with Gasteiger partial charge in [-0.3, -0.25) is 4.79 Å². The number of rotatable bonds is 5. The monoisotopic (exact) mass is 334 g/mol. The van der Waals surface area contributed by atoms with Gasteiger partial charge in [-0.05, 0) is 35.9 Å². The predicted molar refractivity (Wildman–Crippen MR) is 81.7 cm³/mol. The van der Waals surface area contributed by atoms with E-state index in [0.29, 0.717) is 17.7 Å². The molecule has 2 aromatic rings. The van der Waals surface area contributed by atoms with Gasteiger partial charge in [0, 0.05) is 10.9 Å². The average molecular weight is 335 g/mol. The summed E-state index contributed by atoms with van der Waals surface area (Å²) in [7, 11) is 3.18. The van der Waals surface area contributed by atoms with Gasteiger partial charge in [0.1, 0.15) is 11.5 Å². The highest BCUT2D eigenvalue weighted by atomic mass is 79.9. The van der Waals surface area contributed by atoms with Gasteiger partial charge in [0.05, 0.1) is 19.8 Å². The fraction of sp³-hybridized carbons (Fsp3) is 0.188. The Morgan fingerprint density at radius 1 is 1.05 bits per heavy atom. The Morgan fingerprint density at radius 2 is 1.75 bits per heavy atom. The zero-order valence-corrected chi connectivity index (χ0v) is 12.9. The quantitative estimate of drug-likeness (QED) is 0.778. The van der Waals surface area contributed by atoms with Crippen LogP contribution in [0, 0.1) is 0 Å². The molecular formula is C16H15BrO3. The molecule has 0 radical (unpaired) electrons. The molecule has 0 amide bonds. The van der Waals surface area contributed by atoms with Gasteiger partial charge in [0.2, 0.25) is 0 Å². The summed E-state index contributed by atoms with van der Waals surface area (Å²) in [5.74, 6) is 1.39. The maximum Gasteiger partial charge on any atom is 0.170 e. The zero-order valence-electron chi connectivity index (χ0n) is 11.4. The molecule has 0 saturated heterocycles. The third-order valence-corrected chi connectivity index (χ3v) is 3.48. The molecular weight excluding hydrogens is 320 g/mol. The van der Waals surface area contributed by atoms with E-state index in [1.165, 1.54) is 0 Å². The molecule has 0 N–H and O–H groups in total. The molecule has 0 bridgehead atoms. The van der Waals surface area contributed by atoms with E-state index >= 15 is 0 Å². The van der Waals surface area contributed by atoms with E-state index in [1.807, 2.05) is 30.3 Å². The van der Waals surface area contributed by atoms with Crippen LogP contribution >= 0.6 is 15.9 Å². The number of hydrogen-bond donors (Lipinski definition) is 0. The molecule has 0 fully saturated rings. The highest BCUT2D eigenvalue weighted by Crippen LogP contribution is 2.24. The first-order chi connectivity index (χ1) is 9.63. The molecule has 104 valence electrons. The Balaban J connectivity index is 2.20. The second-order valence-corrected chi connectivity index (χ2v) is 5.21. The smallest absolute Gasteiger partial charge is 0.170 e. The first-order valence-corrected chi connectivity index (χ1v) is 6.93. The Hall–Kier alpha value is -1.81. The molecule has 0 aliphatic heterocycles. The number of hydrogen-bond acceptors (Lipinski definition) is 3. The average Bonchev–Trinajstić information content (AvgIpc) is 2.48. The van der Waals surface area contributed by atoms with Gasteiger partial charge in [-0.2, -0.15) is 0 Å². The maximum absolute atomic E-state index is 12.4. The van der Waals surface area contributed by atoms with Crippen LogP contribution in [-0.2, 0) is 6.42 Å². The van der Waals surface area contributed by atoms with E-state index in [9.17, 15) is 4.79 Å². The molecule has 0 aliphatic carbocycles. The van der Waals surface area contributed by atoms with Crippen LogP contribution < -0.4 is 9.47 Å². The van der Waals surface area contributed by atoms with Crippen LogP contribution in [0.15, 0.2) is 46.9 Å². The van der Waals surface area contributed by atoms with Crippen molar-refractivity contribution in [3.05, 3.63) is 58.1 Å². The normalized spacial score (nSPS) is 10.2. The fourth-order valence-corrected chi connectivity index (χ4v) is 2.28. The van der Waals surface area contributed by atoms with Gasteiger partial charge in [0.25, 0.3) is 0 Å². The van der Waals surface area contributed by atoms with Crippen LogP contribution in [0.5, 0.6) is 11.5 Å². The Morgan fingerprint density at radius 3 is 2.35 bits per heavy atom. The van der Waals surface area contributed by atoms with Crippen LogP contribution in [0.2, 0.25) is 0 Å².